The molecule has 1 fully saturated rings. The third kappa shape index (κ3) is 3.52. The number of hydrogen-bond donors (Lipinski definition) is 1. The van der Waals surface area contributed by atoms with Crippen LogP contribution in [0.4, 0.5) is 10.5 Å². The summed E-state index contributed by atoms with van der Waals surface area (Å²) >= 11 is 0. The van der Waals surface area contributed by atoms with Crippen LogP contribution in [0.5, 0.6) is 0 Å². The average Bonchev–Trinajstić information content (AvgIpc) is 3.02. The van der Waals surface area contributed by atoms with Crippen LogP contribution >= 0.6 is 0 Å². The number of hydrogen-bond acceptors (Lipinski definition) is 4. The van der Waals surface area contributed by atoms with Crippen LogP contribution in [0.2, 0.25) is 0 Å². The molecule has 1 saturated heterocycles. The van der Waals surface area contributed by atoms with Gasteiger partial charge < -0.3 is 10.6 Å². The molecular formula is C17H19N5O. The van der Waals surface area contributed by atoms with Gasteiger partial charge in [0, 0.05) is 38.3 Å². The molecule has 6 heteroatoms. The van der Waals surface area contributed by atoms with Crippen molar-refractivity contribution < 1.29 is 4.79 Å². The van der Waals surface area contributed by atoms with Gasteiger partial charge in [-0.1, -0.05) is 18.1 Å². The summed E-state index contributed by atoms with van der Waals surface area (Å²) < 4.78 is 1.30. The molecule has 3 rings (SSSR count). The molecule has 0 spiro atoms. The molecule has 1 amide bonds. The number of rotatable bonds is 2. The highest BCUT2D eigenvalue weighted by Gasteiger charge is 2.22. The molecule has 0 aliphatic carbocycles. The number of amides is 1. The van der Waals surface area contributed by atoms with Crippen molar-refractivity contribution in [3.63, 3.8) is 0 Å². The van der Waals surface area contributed by atoms with Crippen LogP contribution in [0.1, 0.15) is 11.1 Å². The van der Waals surface area contributed by atoms with Gasteiger partial charge in [-0.25, -0.2) is 4.79 Å². The number of benzene rings is 1. The molecule has 1 aliphatic heterocycles. The highest BCUT2D eigenvalue weighted by Crippen LogP contribution is 2.11. The SMILES string of the molecule is C#Cc1ccc(CN2CCN(C(=O)n3cc(N)cn3)CC2)cc1. The van der Waals surface area contributed by atoms with Gasteiger partial charge in [-0.05, 0) is 17.7 Å². The first-order valence-electron chi connectivity index (χ1n) is 7.53. The van der Waals surface area contributed by atoms with Crippen LogP contribution < -0.4 is 5.73 Å². The van der Waals surface area contributed by atoms with E-state index in [4.69, 9.17) is 12.2 Å². The Kier molecular flexibility index (Phi) is 4.31. The summed E-state index contributed by atoms with van der Waals surface area (Å²) in [6, 6.07) is 7.90. The molecule has 1 aliphatic rings. The number of piperazine rings is 1. The fourth-order valence-electron chi connectivity index (χ4n) is 2.65. The average molecular weight is 309 g/mol. The Morgan fingerprint density at radius 3 is 2.48 bits per heavy atom. The van der Waals surface area contributed by atoms with Crippen molar-refractivity contribution in [2.75, 3.05) is 31.9 Å². The van der Waals surface area contributed by atoms with Gasteiger partial charge in [0.15, 0.2) is 0 Å². The van der Waals surface area contributed by atoms with Crippen LogP contribution in [0.3, 0.4) is 0 Å². The molecule has 1 aromatic carbocycles. The second-order valence-corrected chi connectivity index (χ2v) is 5.61. The van der Waals surface area contributed by atoms with Crippen molar-refractivity contribution in [3.8, 4) is 12.3 Å². The fourth-order valence-corrected chi connectivity index (χ4v) is 2.65. The lowest BCUT2D eigenvalue weighted by Gasteiger charge is -2.34. The smallest absolute Gasteiger partial charge is 0.344 e. The van der Waals surface area contributed by atoms with Crippen molar-refractivity contribution in [1.82, 2.24) is 19.6 Å². The van der Waals surface area contributed by atoms with Crippen LogP contribution in [-0.2, 0) is 6.54 Å². The summed E-state index contributed by atoms with van der Waals surface area (Å²) in [5.41, 5.74) is 8.21. The minimum atomic E-state index is -0.125. The lowest BCUT2D eigenvalue weighted by atomic mass is 10.1. The van der Waals surface area contributed by atoms with E-state index in [1.807, 2.05) is 12.1 Å². The van der Waals surface area contributed by atoms with Crippen LogP contribution in [0.25, 0.3) is 0 Å². The van der Waals surface area contributed by atoms with Crippen molar-refractivity contribution in [2.24, 2.45) is 0 Å². The van der Waals surface area contributed by atoms with Gasteiger partial charge in [0.05, 0.1) is 18.1 Å². The molecular weight excluding hydrogens is 290 g/mol. The van der Waals surface area contributed by atoms with Crippen molar-refractivity contribution in [3.05, 3.63) is 47.8 Å². The molecule has 6 nitrogen and oxygen atoms in total. The second-order valence-electron chi connectivity index (χ2n) is 5.61. The highest BCUT2D eigenvalue weighted by atomic mass is 16.2. The molecule has 0 atom stereocenters. The van der Waals surface area contributed by atoms with Crippen LogP contribution in [-0.4, -0.2) is 51.8 Å². The number of anilines is 1. The summed E-state index contributed by atoms with van der Waals surface area (Å²) in [5.74, 6) is 2.62. The zero-order chi connectivity index (χ0) is 16.2. The molecule has 0 saturated carbocycles. The highest BCUT2D eigenvalue weighted by molar-refractivity contribution is 5.76. The molecule has 2 aromatic rings. The van der Waals surface area contributed by atoms with Gasteiger partial charge >= 0.3 is 6.03 Å². The number of nitrogens with two attached hydrogens (primary N) is 1. The maximum Gasteiger partial charge on any atom is 0.344 e. The van der Waals surface area contributed by atoms with Crippen molar-refractivity contribution >= 4 is 11.7 Å². The molecule has 0 unspecified atom stereocenters. The van der Waals surface area contributed by atoms with Crippen LogP contribution in [0, 0.1) is 12.3 Å². The van der Waals surface area contributed by atoms with E-state index >= 15 is 0 Å². The lowest BCUT2D eigenvalue weighted by molar-refractivity contribution is 0.134. The Labute approximate surface area is 135 Å². The molecule has 0 radical (unpaired) electrons. The Morgan fingerprint density at radius 2 is 1.91 bits per heavy atom. The topological polar surface area (TPSA) is 67.4 Å². The third-order valence-corrected chi connectivity index (χ3v) is 3.97. The van der Waals surface area contributed by atoms with Gasteiger partial charge in [-0.3, -0.25) is 4.90 Å². The first-order chi connectivity index (χ1) is 11.2. The first-order valence-corrected chi connectivity index (χ1v) is 7.53. The molecule has 2 N–H and O–H groups in total. The Hall–Kier alpha value is -2.78. The third-order valence-electron chi connectivity index (χ3n) is 3.97. The van der Waals surface area contributed by atoms with Crippen molar-refractivity contribution in [2.45, 2.75) is 6.54 Å². The van der Waals surface area contributed by atoms with E-state index in [0.29, 0.717) is 18.8 Å². The van der Waals surface area contributed by atoms with E-state index in [1.54, 1.807) is 11.1 Å². The van der Waals surface area contributed by atoms with Crippen LogP contribution in [0.15, 0.2) is 36.7 Å². The van der Waals surface area contributed by atoms with Crippen molar-refractivity contribution in [1.29, 1.82) is 0 Å². The Morgan fingerprint density at radius 1 is 1.22 bits per heavy atom. The van der Waals surface area contributed by atoms with E-state index in [2.05, 4.69) is 28.1 Å². The zero-order valence-electron chi connectivity index (χ0n) is 12.9. The quantitative estimate of drug-likeness (QED) is 0.847. The summed E-state index contributed by atoms with van der Waals surface area (Å²) in [5, 5.41) is 3.96. The van der Waals surface area contributed by atoms with Gasteiger partial charge in [0.1, 0.15) is 0 Å². The summed E-state index contributed by atoms with van der Waals surface area (Å²) in [6.07, 6.45) is 8.39. The normalized spacial score (nSPS) is 15.3. The number of nitrogen functional groups attached to an aromatic ring is 1. The molecule has 1 aromatic heterocycles. The summed E-state index contributed by atoms with van der Waals surface area (Å²) in [7, 11) is 0. The van der Waals surface area contributed by atoms with E-state index in [0.717, 1.165) is 25.2 Å². The van der Waals surface area contributed by atoms with Gasteiger partial charge in [-0.15, -0.1) is 6.42 Å². The van der Waals surface area contributed by atoms with E-state index < -0.39 is 0 Å². The molecule has 23 heavy (non-hydrogen) atoms. The molecule has 118 valence electrons. The maximum absolute atomic E-state index is 12.3. The predicted molar refractivity (Wildman–Crippen MR) is 88.7 cm³/mol. The summed E-state index contributed by atoms with van der Waals surface area (Å²) in [6.45, 7) is 3.89. The Bertz CT molecular complexity index is 720. The predicted octanol–water partition coefficient (Wildman–Crippen LogP) is 1.23. The number of carbonyl (C=O) groups is 1. The Balaban J connectivity index is 1.53. The molecule has 0 bridgehead atoms. The number of carbonyl (C=O) groups excluding carboxylic acids is 1. The van der Waals surface area contributed by atoms with Gasteiger partial charge in [-0.2, -0.15) is 9.78 Å². The monoisotopic (exact) mass is 309 g/mol. The number of nitrogens with zero attached hydrogens (tertiary/aromatic N) is 4. The second kappa shape index (κ2) is 6.55. The minimum Gasteiger partial charge on any atom is -0.396 e. The largest absolute Gasteiger partial charge is 0.396 e. The van der Waals surface area contributed by atoms with E-state index in [9.17, 15) is 4.79 Å². The van der Waals surface area contributed by atoms with Gasteiger partial charge in [0.2, 0.25) is 0 Å². The number of terminal acetylenes is 1. The van der Waals surface area contributed by atoms with E-state index in [1.165, 1.54) is 16.4 Å². The standard InChI is InChI=1S/C17H19N5O/c1-2-14-3-5-15(6-4-14)12-20-7-9-21(10-8-20)17(23)22-13-16(18)11-19-22/h1,3-6,11,13H,7-10,12,18H2. The van der Waals surface area contributed by atoms with E-state index in [-0.39, 0.29) is 6.03 Å². The maximum atomic E-state index is 12.3. The number of aromatic nitrogens is 2. The van der Waals surface area contributed by atoms with Gasteiger partial charge in [0.25, 0.3) is 0 Å². The summed E-state index contributed by atoms with van der Waals surface area (Å²) in [4.78, 5) is 16.4. The minimum absolute atomic E-state index is 0.125. The fraction of sp³-hybridized carbons (Fsp3) is 0.294. The zero-order valence-corrected chi connectivity index (χ0v) is 12.9. The first kappa shape index (κ1) is 15.1. The lowest BCUT2D eigenvalue weighted by Crippen LogP contribution is -2.49. The molecule has 2 heterocycles.